The summed E-state index contributed by atoms with van der Waals surface area (Å²) in [5.41, 5.74) is 2.38. The Morgan fingerprint density at radius 2 is 1.91 bits per heavy atom. The van der Waals surface area contributed by atoms with E-state index in [0.717, 1.165) is 0 Å². The average Bonchev–Trinajstić information content (AvgIpc) is 3.24. The molecule has 0 saturated heterocycles. The maximum atomic E-state index is 12.7. The number of carboxylic acid groups (broad SMARTS) is 1. The van der Waals surface area contributed by atoms with Gasteiger partial charge in [0.05, 0.1) is 12.1 Å². The van der Waals surface area contributed by atoms with Crippen LogP contribution in [-0.4, -0.2) is 22.6 Å². The Kier molecular flexibility index (Phi) is 6.87. The van der Waals surface area contributed by atoms with Crippen LogP contribution in [0.2, 0.25) is 0 Å². The number of nitrogens with zero attached hydrogens (tertiary/aromatic N) is 1. The molecule has 0 saturated carbocycles. The zero-order valence-corrected chi connectivity index (χ0v) is 17.1. The molecule has 3 rings (SSSR count). The number of ether oxygens (including phenoxy) is 2. The first-order chi connectivity index (χ1) is 15.1. The minimum atomic E-state index is -4.82. The van der Waals surface area contributed by atoms with Crippen molar-refractivity contribution < 1.29 is 37.1 Å². The predicted octanol–water partition coefficient (Wildman–Crippen LogP) is 5.79. The van der Waals surface area contributed by atoms with Gasteiger partial charge in [-0.25, -0.2) is 0 Å². The molecule has 1 unspecified atom stereocenters. The number of hydrogen-bond donors (Lipinski definition) is 1. The highest BCUT2D eigenvalue weighted by Crippen LogP contribution is 2.32. The molecule has 6 nitrogen and oxygen atoms in total. The van der Waals surface area contributed by atoms with Gasteiger partial charge in [0.15, 0.2) is 0 Å². The van der Waals surface area contributed by atoms with Gasteiger partial charge >= 0.3 is 12.3 Å². The fraction of sp³-hybridized carbons (Fsp3) is 0.217. The summed E-state index contributed by atoms with van der Waals surface area (Å²) in [6.45, 7) is 5.27. The Morgan fingerprint density at radius 1 is 1.19 bits per heavy atom. The van der Waals surface area contributed by atoms with Crippen molar-refractivity contribution >= 4 is 11.5 Å². The third-order valence-corrected chi connectivity index (χ3v) is 4.61. The zero-order chi connectivity index (χ0) is 23.3. The van der Waals surface area contributed by atoms with Gasteiger partial charge in [-0.2, -0.15) is 0 Å². The molecule has 0 amide bonds. The molecule has 0 fully saturated rings. The molecule has 0 aliphatic carbocycles. The van der Waals surface area contributed by atoms with E-state index in [0.29, 0.717) is 28.1 Å². The molecule has 168 valence electrons. The predicted molar refractivity (Wildman–Crippen MR) is 109 cm³/mol. The van der Waals surface area contributed by atoms with Gasteiger partial charge in [0, 0.05) is 17.5 Å². The van der Waals surface area contributed by atoms with E-state index in [-0.39, 0.29) is 24.3 Å². The Hall–Kier alpha value is -3.75. The lowest BCUT2D eigenvalue weighted by atomic mass is 9.92. The van der Waals surface area contributed by atoms with Crippen molar-refractivity contribution in [3.8, 4) is 11.5 Å². The van der Waals surface area contributed by atoms with E-state index in [4.69, 9.17) is 9.26 Å². The third-order valence-electron chi connectivity index (χ3n) is 4.61. The maximum Gasteiger partial charge on any atom is 0.573 e. The van der Waals surface area contributed by atoms with Crippen LogP contribution >= 0.6 is 0 Å². The fourth-order valence-electron chi connectivity index (χ4n) is 3.15. The smallest absolute Gasteiger partial charge is 0.489 e. The van der Waals surface area contributed by atoms with Crippen LogP contribution in [-0.2, 0) is 11.4 Å². The van der Waals surface area contributed by atoms with Crippen molar-refractivity contribution in [2.24, 2.45) is 0 Å². The second kappa shape index (κ2) is 9.59. The Labute approximate surface area is 181 Å². The minimum Gasteiger partial charge on any atom is -0.489 e. The van der Waals surface area contributed by atoms with Gasteiger partial charge < -0.3 is 19.1 Å². The summed E-state index contributed by atoms with van der Waals surface area (Å²) in [7, 11) is 0. The van der Waals surface area contributed by atoms with Gasteiger partial charge in [-0.15, -0.1) is 13.2 Å². The number of hydrogen-bond acceptors (Lipinski definition) is 5. The van der Waals surface area contributed by atoms with Gasteiger partial charge in [-0.05, 0) is 41.8 Å². The molecule has 2 aromatic carbocycles. The summed E-state index contributed by atoms with van der Waals surface area (Å²) in [6, 6.07) is 12.7. The van der Waals surface area contributed by atoms with Crippen LogP contribution in [0.25, 0.3) is 5.57 Å². The highest BCUT2D eigenvalue weighted by atomic mass is 19.4. The van der Waals surface area contributed by atoms with Crippen molar-refractivity contribution in [2.45, 2.75) is 32.2 Å². The van der Waals surface area contributed by atoms with Gasteiger partial charge in [0.2, 0.25) is 0 Å². The van der Waals surface area contributed by atoms with Crippen LogP contribution in [0.4, 0.5) is 13.2 Å². The van der Waals surface area contributed by atoms with Crippen molar-refractivity contribution in [3.63, 3.8) is 0 Å². The number of benzene rings is 2. The Bertz CT molecular complexity index is 1080. The first-order valence-corrected chi connectivity index (χ1v) is 9.52. The summed E-state index contributed by atoms with van der Waals surface area (Å²) >= 11 is 0. The van der Waals surface area contributed by atoms with Crippen molar-refractivity contribution in [1.29, 1.82) is 0 Å². The van der Waals surface area contributed by atoms with Crippen molar-refractivity contribution in [3.05, 3.63) is 83.8 Å². The van der Waals surface area contributed by atoms with E-state index < -0.39 is 18.2 Å². The summed E-state index contributed by atoms with van der Waals surface area (Å²) in [6.07, 6.45) is -3.61. The topological polar surface area (TPSA) is 81.8 Å². The molecule has 0 spiro atoms. The van der Waals surface area contributed by atoms with Gasteiger partial charge in [0.25, 0.3) is 0 Å². The largest absolute Gasteiger partial charge is 0.573 e. The molecule has 0 bridgehead atoms. The van der Waals surface area contributed by atoms with Crippen LogP contribution in [0.15, 0.2) is 65.9 Å². The highest BCUT2D eigenvalue weighted by Gasteiger charge is 2.32. The highest BCUT2D eigenvalue weighted by molar-refractivity contribution is 5.69. The van der Waals surface area contributed by atoms with Crippen LogP contribution in [0, 0.1) is 0 Å². The van der Waals surface area contributed by atoms with Gasteiger partial charge in [0.1, 0.15) is 24.4 Å². The zero-order valence-electron chi connectivity index (χ0n) is 17.1. The second-order valence-electron chi connectivity index (χ2n) is 7.09. The van der Waals surface area contributed by atoms with E-state index in [9.17, 15) is 23.1 Å². The van der Waals surface area contributed by atoms with Crippen LogP contribution < -0.4 is 9.47 Å². The molecule has 1 heterocycles. The molecular weight excluding hydrogens is 427 g/mol. The average molecular weight is 447 g/mol. The normalized spacial score (nSPS) is 12.2. The number of halogens is 3. The number of alkyl halides is 3. The molecule has 0 radical (unpaired) electrons. The molecule has 9 heteroatoms. The van der Waals surface area contributed by atoms with E-state index >= 15 is 0 Å². The fourth-order valence-corrected chi connectivity index (χ4v) is 3.15. The maximum absolute atomic E-state index is 12.7. The number of allylic oxidation sites excluding steroid dienone is 1. The second-order valence-corrected chi connectivity index (χ2v) is 7.09. The van der Waals surface area contributed by atoms with Gasteiger partial charge in [-0.3, -0.25) is 4.79 Å². The monoisotopic (exact) mass is 447 g/mol. The van der Waals surface area contributed by atoms with Gasteiger partial charge in [-0.1, -0.05) is 36.0 Å². The molecule has 1 N–H and O–H groups in total. The van der Waals surface area contributed by atoms with Crippen LogP contribution in [0.3, 0.4) is 0 Å². The number of aromatic nitrogens is 1. The van der Waals surface area contributed by atoms with Crippen molar-refractivity contribution in [1.82, 2.24) is 5.16 Å². The van der Waals surface area contributed by atoms with E-state index in [1.54, 1.807) is 43.3 Å². The van der Waals surface area contributed by atoms with E-state index in [2.05, 4.69) is 16.5 Å². The van der Waals surface area contributed by atoms with E-state index in [1.807, 2.05) is 0 Å². The summed E-state index contributed by atoms with van der Waals surface area (Å²) in [5, 5.41) is 13.0. The third kappa shape index (κ3) is 6.13. The molecule has 32 heavy (non-hydrogen) atoms. The number of carbonyl (C=O) groups is 1. The lowest BCUT2D eigenvalue weighted by Crippen LogP contribution is -2.18. The molecule has 3 aromatic rings. The van der Waals surface area contributed by atoms with Crippen molar-refractivity contribution in [2.75, 3.05) is 0 Å². The number of aliphatic carboxylic acids is 1. The molecular formula is C23H20F3NO5. The summed E-state index contributed by atoms with van der Waals surface area (Å²) in [5.74, 6) is -1.35. The molecule has 0 aliphatic heterocycles. The van der Waals surface area contributed by atoms with Crippen LogP contribution in [0.1, 0.15) is 41.6 Å². The standard InChI is InChI=1S/C23H20F3NO5/c1-14(2)18-8-3-15(11-21(18)32-23(24,25)26)13-30-17-6-4-16(5-7-17)19(12-22(28)29)20-9-10-31-27-20/h3-11,19H,1,12-13H2,2H3,(H,28,29). The SMILES string of the molecule is C=C(C)c1ccc(COc2ccc(C(CC(=O)O)c3ccon3)cc2)cc1OC(F)(F)F. The summed E-state index contributed by atoms with van der Waals surface area (Å²) < 4.78 is 52.8. The Balaban J connectivity index is 1.73. The number of rotatable bonds is 9. The first kappa shape index (κ1) is 22.9. The quantitative estimate of drug-likeness (QED) is 0.447. The van der Waals surface area contributed by atoms with Crippen LogP contribution in [0.5, 0.6) is 11.5 Å². The number of carboxylic acids is 1. The lowest BCUT2D eigenvalue weighted by molar-refractivity contribution is -0.274. The molecule has 1 aromatic heterocycles. The first-order valence-electron chi connectivity index (χ1n) is 9.52. The summed E-state index contributed by atoms with van der Waals surface area (Å²) in [4.78, 5) is 11.2. The lowest BCUT2D eigenvalue weighted by Gasteiger charge is -2.16. The minimum absolute atomic E-state index is 0.00583. The molecule has 0 aliphatic rings. The Morgan fingerprint density at radius 3 is 2.47 bits per heavy atom. The molecule has 1 atom stereocenters. The van der Waals surface area contributed by atoms with E-state index in [1.165, 1.54) is 18.4 Å².